The Morgan fingerprint density at radius 1 is 1.10 bits per heavy atom. The fourth-order valence-electron chi connectivity index (χ4n) is 4.17. The van der Waals surface area contributed by atoms with Gasteiger partial charge in [0.05, 0.1) is 29.4 Å². The van der Waals surface area contributed by atoms with Gasteiger partial charge in [0.1, 0.15) is 0 Å². The minimum atomic E-state index is -3.45. The molecule has 0 spiro atoms. The molecule has 1 aromatic carbocycles. The zero-order chi connectivity index (χ0) is 21.1. The van der Waals surface area contributed by atoms with Crippen LogP contribution in [0.4, 0.5) is 0 Å². The van der Waals surface area contributed by atoms with Gasteiger partial charge in [-0.25, -0.2) is 8.42 Å². The van der Waals surface area contributed by atoms with Crippen LogP contribution in [0.2, 0.25) is 0 Å². The highest BCUT2D eigenvalue weighted by Crippen LogP contribution is 2.27. The molecule has 2 aliphatic heterocycles. The van der Waals surface area contributed by atoms with Crippen LogP contribution in [-0.2, 0) is 28.2 Å². The zero-order valence-corrected chi connectivity index (χ0v) is 18.1. The van der Waals surface area contributed by atoms with E-state index in [9.17, 15) is 13.2 Å². The van der Waals surface area contributed by atoms with Crippen LogP contribution in [0.1, 0.15) is 28.9 Å². The molecule has 0 atom stereocenters. The Kier molecular flexibility index (Phi) is 6.21. The molecule has 1 amide bonds. The summed E-state index contributed by atoms with van der Waals surface area (Å²) in [6, 6.07) is 8.58. The molecule has 4 rings (SSSR count). The van der Waals surface area contributed by atoms with Gasteiger partial charge in [-0.15, -0.1) is 0 Å². The Labute approximate surface area is 177 Å². The van der Waals surface area contributed by atoms with Crippen molar-refractivity contribution in [3.05, 3.63) is 47.8 Å². The first-order chi connectivity index (χ1) is 14.4. The Morgan fingerprint density at radius 2 is 1.77 bits per heavy atom. The van der Waals surface area contributed by atoms with Crippen LogP contribution in [0.15, 0.2) is 41.4 Å². The maximum absolute atomic E-state index is 12.9. The average Bonchev–Trinajstić information content (AvgIpc) is 3.14. The highest BCUT2D eigenvalue weighted by molar-refractivity contribution is 7.89. The van der Waals surface area contributed by atoms with Gasteiger partial charge in [0.25, 0.3) is 5.91 Å². The number of nitrogens with zero attached hydrogens (tertiary/aromatic N) is 4. The van der Waals surface area contributed by atoms with Crippen molar-refractivity contribution in [1.82, 2.24) is 19.0 Å². The molecule has 162 valence electrons. The number of hydrogen-bond donors (Lipinski definition) is 0. The largest absolute Gasteiger partial charge is 0.378 e. The predicted octanol–water partition coefficient (Wildman–Crippen LogP) is 1.54. The van der Waals surface area contributed by atoms with Gasteiger partial charge in [-0.2, -0.15) is 9.40 Å². The molecule has 3 heterocycles. The van der Waals surface area contributed by atoms with Crippen molar-refractivity contribution in [3.63, 3.8) is 0 Å². The number of hydrogen-bond acceptors (Lipinski definition) is 5. The van der Waals surface area contributed by atoms with Crippen molar-refractivity contribution < 1.29 is 17.9 Å². The monoisotopic (exact) mass is 432 g/mol. The summed E-state index contributed by atoms with van der Waals surface area (Å²) in [5.41, 5.74) is 1.46. The lowest BCUT2D eigenvalue weighted by molar-refractivity contribution is 0.0302. The van der Waals surface area contributed by atoms with E-state index in [1.165, 1.54) is 0 Å². The number of morpholine rings is 1. The fraction of sp³-hybridized carbons (Fsp3) is 0.524. The van der Waals surface area contributed by atoms with E-state index >= 15 is 0 Å². The predicted molar refractivity (Wildman–Crippen MR) is 112 cm³/mol. The van der Waals surface area contributed by atoms with E-state index in [0.717, 1.165) is 18.5 Å². The van der Waals surface area contributed by atoms with Crippen LogP contribution >= 0.6 is 0 Å². The summed E-state index contributed by atoms with van der Waals surface area (Å²) < 4.78 is 34.3. The van der Waals surface area contributed by atoms with Crippen LogP contribution in [-0.4, -0.2) is 72.7 Å². The van der Waals surface area contributed by atoms with E-state index in [-0.39, 0.29) is 5.91 Å². The van der Waals surface area contributed by atoms with Gasteiger partial charge >= 0.3 is 0 Å². The van der Waals surface area contributed by atoms with Crippen LogP contribution in [0.3, 0.4) is 0 Å². The first-order valence-corrected chi connectivity index (χ1v) is 11.8. The van der Waals surface area contributed by atoms with E-state index in [0.29, 0.717) is 62.2 Å². The Balaban J connectivity index is 1.40. The summed E-state index contributed by atoms with van der Waals surface area (Å²) >= 11 is 0. The summed E-state index contributed by atoms with van der Waals surface area (Å²) in [4.78, 5) is 15.1. The molecule has 0 saturated carbocycles. The Morgan fingerprint density at radius 3 is 2.43 bits per heavy atom. The van der Waals surface area contributed by atoms with Gasteiger partial charge in [0, 0.05) is 39.4 Å². The lowest BCUT2D eigenvalue weighted by Crippen LogP contribution is -2.41. The van der Waals surface area contributed by atoms with Crippen LogP contribution < -0.4 is 0 Å². The second kappa shape index (κ2) is 8.87. The molecule has 0 radical (unpaired) electrons. The number of carbonyl (C=O) groups excluding carboxylic acids is 1. The lowest BCUT2D eigenvalue weighted by Gasteiger charge is -2.31. The maximum atomic E-state index is 12.9. The molecular formula is C21H28N4O4S. The molecule has 0 N–H and O–H groups in total. The van der Waals surface area contributed by atoms with Gasteiger partial charge in [-0.1, -0.05) is 18.2 Å². The van der Waals surface area contributed by atoms with Crippen LogP contribution in [0.25, 0.3) is 0 Å². The number of rotatable bonds is 5. The standard InChI is InChI=1S/C21H28N4O4S/c1-23-16-19(21(26)24-11-13-29-14-12-24)20(22-23)15-17-7-9-25(10-8-17)30(27,28)18-5-3-2-4-6-18/h2-6,16-17H,7-15H2,1H3. The summed E-state index contributed by atoms with van der Waals surface area (Å²) in [6.45, 7) is 3.31. The van der Waals surface area contributed by atoms with E-state index in [4.69, 9.17) is 4.74 Å². The summed E-state index contributed by atoms with van der Waals surface area (Å²) in [6.07, 6.45) is 4.00. The molecule has 0 bridgehead atoms. The van der Waals surface area contributed by atoms with Gasteiger partial charge < -0.3 is 9.64 Å². The molecule has 8 nitrogen and oxygen atoms in total. The summed E-state index contributed by atoms with van der Waals surface area (Å²) in [5.74, 6) is 0.309. The molecular weight excluding hydrogens is 404 g/mol. The fourth-order valence-corrected chi connectivity index (χ4v) is 5.66. The third-order valence-electron chi connectivity index (χ3n) is 5.87. The third kappa shape index (κ3) is 4.43. The number of aromatic nitrogens is 2. The number of ether oxygens (including phenoxy) is 1. The van der Waals surface area contributed by atoms with E-state index in [1.54, 1.807) is 39.4 Å². The van der Waals surface area contributed by atoms with Crippen molar-refractivity contribution in [2.75, 3.05) is 39.4 Å². The highest BCUT2D eigenvalue weighted by Gasteiger charge is 2.31. The summed E-state index contributed by atoms with van der Waals surface area (Å²) in [5, 5.41) is 4.54. The maximum Gasteiger partial charge on any atom is 0.257 e. The zero-order valence-electron chi connectivity index (χ0n) is 17.2. The lowest BCUT2D eigenvalue weighted by atomic mass is 9.92. The minimum absolute atomic E-state index is 0.00508. The van der Waals surface area contributed by atoms with Crippen molar-refractivity contribution in [2.45, 2.75) is 24.2 Å². The van der Waals surface area contributed by atoms with E-state index in [2.05, 4.69) is 5.10 Å². The molecule has 2 fully saturated rings. The highest BCUT2D eigenvalue weighted by atomic mass is 32.2. The Hall–Kier alpha value is -2.23. The summed E-state index contributed by atoms with van der Waals surface area (Å²) in [7, 11) is -1.62. The van der Waals surface area contributed by atoms with E-state index in [1.807, 2.05) is 18.0 Å². The van der Waals surface area contributed by atoms with Gasteiger partial charge in [-0.05, 0) is 37.3 Å². The first kappa shape index (κ1) is 21.0. The van der Waals surface area contributed by atoms with Crippen LogP contribution in [0.5, 0.6) is 0 Å². The van der Waals surface area contributed by atoms with Crippen molar-refractivity contribution in [2.24, 2.45) is 13.0 Å². The number of amides is 1. The second-order valence-electron chi connectivity index (χ2n) is 7.93. The number of carbonyl (C=O) groups is 1. The first-order valence-electron chi connectivity index (χ1n) is 10.4. The van der Waals surface area contributed by atoms with E-state index < -0.39 is 10.0 Å². The molecule has 30 heavy (non-hydrogen) atoms. The van der Waals surface area contributed by atoms with Crippen molar-refractivity contribution >= 4 is 15.9 Å². The Bertz CT molecular complexity index is 976. The quantitative estimate of drug-likeness (QED) is 0.716. The molecule has 9 heteroatoms. The van der Waals surface area contributed by atoms with Crippen molar-refractivity contribution in [1.29, 1.82) is 0 Å². The number of piperidine rings is 1. The number of benzene rings is 1. The number of sulfonamides is 1. The topological polar surface area (TPSA) is 84.7 Å². The SMILES string of the molecule is Cn1cc(C(=O)N2CCOCC2)c(CC2CCN(S(=O)(=O)c3ccccc3)CC2)n1. The smallest absolute Gasteiger partial charge is 0.257 e. The average molecular weight is 433 g/mol. The molecule has 1 aromatic heterocycles. The van der Waals surface area contributed by atoms with Crippen molar-refractivity contribution in [3.8, 4) is 0 Å². The third-order valence-corrected chi connectivity index (χ3v) is 7.78. The molecule has 2 aromatic rings. The molecule has 0 unspecified atom stereocenters. The second-order valence-corrected chi connectivity index (χ2v) is 9.87. The van der Waals surface area contributed by atoms with Gasteiger partial charge in [0.2, 0.25) is 10.0 Å². The van der Waals surface area contributed by atoms with Gasteiger partial charge in [0.15, 0.2) is 0 Å². The number of aryl methyl sites for hydroxylation is 1. The minimum Gasteiger partial charge on any atom is -0.378 e. The van der Waals surface area contributed by atoms with Crippen LogP contribution in [0, 0.1) is 5.92 Å². The molecule has 2 saturated heterocycles. The van der Waals surface area contributed by atoms with Gasteiger partial charge in [-0.3, -0.25) is 9.48 Å². The normalized spacial score (nSPS) is 19.2. The molecule has 0 aliphatic carbocycles. The molecule has 2 aliphatic rings.